The van der Waals surface area contributed by atoms with E-state index in [1.54, 1.807) is 13.8 Å². The highest BCUT2D eigenvalue weighted by Gasteiger charge is 2.40. The fourth-order valence-corrected chi connectivity index (χ4v) is 4.49. The van der Waals surface area contributed by atoms with Crippen LogP contribution in [0.25, 0.3) is 0 Å². The van der Waals surface area contributed by atoms with Crippen LogP contribution in [0.2, 0.25) is 5.02 Å². The molecule has 0 aliphatic carbocycles. The monoisotopic (exact) mass is 452 g/mol. The Hall–Kier alpha value is -1.34. The lowest BCUT2D eigenvalue weighted by molar-refractivity contribution is -0.155. The first-order valence-electron chi connectivity index (χ1n) is 11.2. The van der Waals surface area contributed by atoms with Crippen LogP contribution in [-0.4, -0.2) is 76.6 Å². The predicted molar refractivity (Wildman–Crippen MR) is 123 cm³/mol. The van der Waals surface area contributed by atoms with E-state index in [9.17, 15) is 9.90 Å². The summed E-state index contributed by atoms with van der Waals surface area (Å²) in [6.07, 6.45) is 2.16. The number of hydrogen-bond acceptors (Lipinski definition) is 5. The third-order valence-corrected chi connectivity index (χ3v) is 6.35. The van der Waals surface area contributed by atoms with E-state index in [-0.39, 0.29) is 18.2 Å². The average molecular weight is 453 g/mol. The molecule has 6 nitrogen and oxygen atoms in total. The SMILES string of the molecule is CC(C)(C)OC(=O)N1CCC(N2CC(C(C)(C)O)OCC2Cc2ccc(Cl)cc2)CC1. The number of carbonyl (C=O) groups excluding carboxylic acids is 1. The Bertz CT molecular complexity index is 733. The second kappa shape index (κ2) is 9.65. The second-order valence-electron chi connectivity index (χ2n) is 10.4. The molecule has 1 amide bonds. The van der Waals surface area contributed by atoms with E-state index in [1.807, 2.05) is 37.8 Å². The number of likely N-dealkylation sites (tertiary alicyclic amines) is 1. The molecule has 174 valence electrons. The summed E-state index contributed by atoms with van der Waals surface area (Å²) in [5.41, 5.74) is -0.168. The van der Waals surface area contributed by atoms with Crippen LogP contribution >= 0.6 is 11.6 Å². The van der Waals surface area contributed by atoms with Crippen molar-refractivity contribution in [2.24, 2.45) is 0 Å². The molecule has 2 saturated heterocycles. The summed E-state index contributed by atoms with van der Waals surface area (Å²) in [5, 5.41) is 11.3. The van der Waals surface area contributed by atoms with Crippen LogP contribution in [0.4, 0.5) is 4.79 Å². The number of ether oxygens (including phenoxy) is 2. The maximum atomic E-state index is 12.4. The van der Waals surface area contributed by atoms with Gasteiger partial charge in [-0.15, -0.1) is 0 Å². The molecular weight excluding hydrogens is 416 g/mol. The molecule has 0 aromatic heterocycles. The number of hydrogen-bond donors (Lipinski definition) is 1. The summed E-state index contributed by atoms with van der Waals surface area (Å²) in [4.78, 5) is 16.7. The van der Waals surface area contributed by atoms with Gasteiger partial charge in [0.2, 0.25) is 0 Å². The topological polar surface area (TPSA) is 62.2 Å². The first-order valence-corrected chi connectivity index (χ1v) is 11.6. The van der Waals surface area contributed by atoms with Gasteiger partial charge >= 0.3 is 6.09 Å². The van der Waals surface area contributed by atoms with Crippen molar-refractivity contribution in [1.82, 2.24) is 9.80 Å². The van der Waals surface area contributed by atoms with E-state index in [0.29, 0.717) is 32.3 Å². The van der Waals surface area contributed by atoms with E-state index in [1.165, 1.54) is 5.56 Å². The van der Waals surface area contributed by atoms with Crippen molar-refractivity contribution in [3.05, 3.63) is 34.9 Å². The van der Waals surface area contributed by atoms with Gasteiger partial charge in [0.05, 0.1) is 18.3 Å². The molecule has 2 fully saturated rings. The summed E-state index contributed by atoms with van der Waals surface area (Å²) >= 11 is 6.05. The molecule has 2 aliphatic rings. The molecule has 0 saturated carbocycles. The standard InChI is InChI=1S/C24H37ClN2O4/c1-23(2,3)31-22(28)26-12-10-19(11-13-26)27-15-21(24(4,5)29)30-16-20(27)14-17-6-8-18(25)9-7-17/h6-9,19-21,29H,10-16H2,1-5H3. The summed E-state index contributed by atoms with van der Waals surface area (Å²) in [7, 11) is 0. The molecule has 2 unspecified atom stereocenters. The molecule has 0 bridgehead atoms. The van der Waals surface area contributed by atoms with Crippen LogP contribution in [-0.2, 0) is 15.9 Å². The number of rotatable bonds is 4. The number of benzene rings is 1. The molecule has 0 radical (unpaired) electrons. The third-order valence-electron chi connectivity index (χ3n) is 6.09. The van der Waals surface area contributed by atoms with Crippen molar-refractivity contribution in [1.29, 1.82) is 0 Å². The van der Waals surface area contributed by atoms with Gasteiger partial charge in [0.1, 0.15) is 5.60 Å². The van der Waals surface area contributed by atoms with Gasteiger partial charge in [-0.1, -0.05) is 23.7 Å². The second-order valence-corrected chi connectivity index (χ2v) is 10.8. The molecule has 2 heterocycles. The van der Waals surface area contributed by atoms with E-state index < -0.39 is 11.2 Å². The Kier molecular flexibility index (Phi) is 7.57. The van der Waals surface area contributed by atoms with Gasteiger partial charge in [0.25, 0.3) is 0 Å². The number of nitrogens with zero attached hydrogens (tertiary/aromatic N) is 2. The quantitative estimate of drug-likeness (QED) is 0.744. The van der Waals surface area contributed by atoms with E-state index >= 15 is 0 Å². The molecule has 2 aliphatic heterocycles. The molecule has 1 aromatic carbocycles. The smallest absolute Gasteiger partial charge is 0.410 e. The van der Waals surface area contributed by atoms with Crippen LogP contribution in [0.1, 0.15) is 53.0 Å². The maximum Gasteiger partial charge on any atom is 0.410 e. The highest BCUT2D eigenvalue weighted by Crippen LogP contribution is 2.29. The lowest BCUT2D eigenvalue weighted by Crippen LogP contribution is -2.61. The van der Waals surface area contributed by atoms with E-state index in [0.717, 1.165) is 24.3 Å². The Morgan fingerprint density at radius 3 is 2.32 bits per heavy atom. The Balaban J connectivity index is 1.68. The average Bonchev–Trinajstić information content (AvgIpc) is 2.68. The fourth-order valence-electron chi connectivity index (χ4n) is 4.37. The molecule has 3 rings (SSSR count). The van der Waals surface area contributed by atoms with Gasteiger partial charge in [-0.25, -0.2) is 4.79 Å². The van der Waals surface area contributed by atoms with Crippen molar-refractivity contribution < 1.29 is 19.4 Å². The van der Waals surface area contributed by atoms with Crippen LogP contribution in [0, 0.1) is 0 Å². The Labute approximate surface area is 191 Å². The molecule has 31 heavy (non-hydrogen) atoms. The molecule has 1 N–H and O–H groups in total. The number of halogens is 1. The maximum absolute atomic E-state index is 12.4. The summed E-state index contributed by atoms with van der Waals surface area (Å²) in [5.74, 6) is 0. The zero-order chi connectivity index (χ0) is 22.8. The van der Waals surface area contributed by atoms with Gasteiger partial charge in [-0.3, -0.25) is 4.90 Å². The van der Waals surface area contributed by atoms with Gasteiger partial charge in [-0.05, 0) is 71.6 Å². The minimum absolute atomic E-state index is 0.220. The third kappa shape index (κ3) is 6.82. The lowest BCUT2D eigenvalue weighted by Gasteiger charge is -2.48. The first-order chi connectivity index (χ1) is 14.4. The lowest BCUT2D eigenvalue weighted by atomic mass is 9.92. The normalized spacial score (nSPS) is 24.3. The molecule has 7 heteroatoms. The van der Waals surface area contributed by atoms with Crippen molar-refractivity contribution >= 4 is 17.7 Å². The van der Waals surface area contributed by atoms with Crippen molar-refractivity contribution in [3.63, 3.8) is 0 Å². The molecule has 1 aromatic rings. The summed E-state index contributed by atoms with van der Waals surface area (Å²) < 4.78 is 11.6. The van der Waals surface area contributed by atoms with Crippen molar-refractivity contribution in [2.75, 3.05) is 26.2 Å². The predicted octanol–water partition coefficient (Wildman–Crippen LogP) is 4.12. The van der Waals surface area contributed by atoms with Crippen LogP contribution in [0.5, 0.6) is 0 Å². The minimum atomic E-state index is -0.902. The number of amides is 1. The zero-order valence-corrected chi connectivity index (χ0v) is 20.2. The summed E-state index contributed by atoms with van der Waals surface area (Å²) in [6, 6.07) is 8.53. The number of piperidine rings is 1. The molecule has 2 atom stereocenters. The number of morpholine rings is 1. The van der Waals surface area contributed by atoms with Crippen LogP contribution in [0.3, 0.4) is 0 Å². The highest BCUT2D eigenvalue weighted by atomic mass is 35.5. The van der Waals surface area contributed by atoms with Gasteiger partial charge in [0.15, 0.2) is 0 Å². The van der Waals surface area contributed by atoms with Gasteiger partial charge in [0, 0.05) is 36.7 Å². The number of aliphatic hydroxyl groups is 1. The van der Waals surface area contributed by atoms with Gasteiger partial charge < -0.3 is 19.5 Å². The van der Waals surface area contributed by atoms with E-state index in [4.69, 9.17) is 21.1 Å². The molecular formula is C24H37ClN2O4. The molecule has 0 spiro atoms. The number of carbonyl (C=O) groups is 1. The Morgan fingerprint density at radius 1 is 1.16 bits per heavy atom. The first kappa shape index (κ1) is 24.3. The van der Waals surface area contributed by atoms with E-state index in [2.05, 4.69) is 17.0 Å². The fraction of sp³-hybridized carbons (Fsp3) is 0.708. The minimum Gasteiger partial charge on any atom is -0.444 e. The van der Waals surface area contributed by atoms with Crippen molar-refractivity contribution in [2.45, 2.75) is 83.3 Å². The highest BCUT2D eigenvalue weighted by molar-refractivity contribution is 6.30. The van der Waals surface area contributed by atoms with Gasteiger partial charge in [-0.2, -0.15) is 0 Å². The zero-order valence-electron chi connectivity index (χ0n) is 19.4. The van der Waals surface area contributed by atoms with Crippen LogP contribution in [0.15, 0.2) is 24.3 Å². The van der Waals surface area contributed by atoms with Crippen molar-refractivity contribution in [3.8, 4) is 0 Å². The largest absolute Gasteiger partial charge is 0.444 e. The Morgan fingerprint density at radius 2 is 1.77 bits per heavy atom. The summed E-state index contributed by atoms with van der Waals surface area (Å²) in [6.45, 7) is 11.9. The van der Waals surface area contributed by atoms with Crippen LogP contribution < -0.4 is 0 Å².